The summed E-state index contributed by atoms with van der Waals surface area (Å²) in [5, 5.41) is 20.9. The maximum absolute atomic E-state index is 10.8. The maximum atomic E-state index is 10.8. The van der Waals surface area contributed by atoms with Gasteiger partial charge in [0, 0.05) is 13.0 Å². The summed E-state index contributed by atoms with van der Waals surface area (Å²) in [6, 6.07) is 0. The van der Waals surface area contributed by atoms with E-state index in [-0.39, 0.29) is 6.42 Å². The van der Waals surface area contributed by atoms with Crippen LogP contribution in [0.15, 0.2) is 12.7 Å². The molecule has 1 saturated heterocycles. The largest absolute Gasteiger partial charge is 0.480 e. The summed E-state index contributed by atoms with van der Waals surface area (Å²) in [4.78, 5) is 10.8. The van der Waals surface area contributed by atoms with E-state index in [9.17, 15) is 9.90 Å². The van der Waals surface area contributed by atoms with Crippen LogP contribution in [-0.2, 0) is 4.79 Å². The van der Waals surface area contributed by atoms with Gasteiger partial charge in [0.05, 0.1) is 6.10 Å². The Morgan fingerprint density at radius 3 is 2.83 bits per heavy atom. The number of hydrogen-bond donors (Lipinski definition) is 3. The summed E-state index contributed by atoms with van der Waals surface area (Å²) in [7, 11) is 0. The first-order valence-corrected chi connectivity index (χ1v) is 3.88. The van der Waals surface area contributed by atoms with Crippen molar-refractivity contribution >= 4 is 5.97 Å². The molecule has 0 spiro atoms. The molecule has 0 aromatic heterocycles. The van der Waals surface area contributed by atoms with Gasteiger partial charge in [0.25, 0.3) is 0 Å². The number of aliphatic hydroxyl groups excluding tert-OH is 1. The number of carboxylic acids is 1. The van der Waals surface area contributed by atoms with Crippen LogP contribution in [0.4, 0.5) is 0 Å². The minimum Gasteiger partial charge on any atom is -0.480 e. The number of hydrogen-bond acceptors (Lipinski definition) is 3. The summed E-state index contributed by atoms with van der Waals surface area (Å²) in [6.45, 7) is 3.84. The highest BCUT2D eigenvalue weighted by Crippen LogP contribution is 2.23. The Labute approximate surface area is 70.9 Å². The fourth-order valence-corrected chi connectivity index (χ4v) is 1.51. The van der Waals surface area contributed by atoms with Crippen LogP contribution in [-0.4, -0.2) is 34.4 Å². The second kappa shape index (κ2) is 3.25. The standard InChI is InChI=1S/C8H13NO3/c1-2-3-8(7(11)12)4-6(10)5-9-8/h2,6,9-10H,1,3-5H2,(H,11,12). The molecule has 0 aromatic rings. The predicted molar refractivity (Wildman–Crippen MR) is 43.8 cm³/mol. The lowest BCUT2D eigenvalue weighted by Crippen LogP contribution is -2.47. The van der Waals surface area contributed by atoms with Gasteiger partial charge in [-0.2, -0.15) is 0 Å². The molecule has 1 heterocycles. The zero-order valence-corrected chi connectivity index (χ0v) is 6.79. The molecule has 4 nitrogen and oxygen atoms in total. The number of aliphatic hydroxyl groups is 1. The van der Waals surface area contributed by atoms with E-state index in [2.05, 4.69) is 11.9 Å². The number of rotatable bonds is 3. The highest BCUT2D eigenvalue weighted by molar-refractivity contribution is 5.79. The Kier molecular flexibility index (Phi) is 2.49. The van der Waals surface area contributed by atoms with Gasteiger partial charge in [-0.15, -0.1) is 6.58 Å². The second-order valence-corrected chi connectivity index (χ2v) is 3.12. The van der Waals surface area contributed by atoms with Crippen molar-refractivity contribution in [3.63, 3.8) is 0 Å². The molecule has 0 bridgehead atoms. The fourth-order valence-electron chi connectivity index (χ4n) is 1.51. The lowest BCUT2D eigenvalue weighted by Gasteiger charge is -2.22. The van der Waals surface area contributed by atoms with Gasteiger partial charge in [-0.05, 0) is 6.42 Å². The van der Waals surface area contributed by atoms with Gasteiger partial charge >= 0.3 is 5.97 Å². The van der Waals surface area contributed by atoms with Crippen molar-refractivity contribution in [2.45, 2.75) is 24.5 Å². The summed E-state index contributed by atoms with van der Waals surface area (Å²) in [5.74, 6) is -0.918. The van der Waals surface area contributed by atoms with Crippen molar-refractivity contribution in [2.75, 3.05) is 6.54 Å². The molecule has 0 aromatic carbocycles. The predicted octanol–water partition coefficient (Wildman–Crippen LogP) is -0.260. The molecule has 4 heteroatoms. The average Bonchev–Trinajstić information content (AvgIpc) is 2.34. The molecule has 68 valence electrons. The minimum atomic E-state index is -0.985. The lowest BCUT2D eigenvalue weighted by atomic mass is 9.93. The molecule has 0 aliphatic carbocycles. The van der Waals surface area contributed by atoms with Crippen LogP contribution >= 0.6 is 0 Å². The van der Waals surface area contributed by atoms with Crippen LogP contribution in [0, 0.1) is 0 Å². The van der Waals surface area contributed by atoms with Crippen molar-refractivity contribution in [3.8, 4) is 0 Å². The Morgan fingerprint density at radius 2 is 2.50 bits per heavy atom. The number of nitrogens with one attached hydrogen (secondary N) is 1. The molecule has 2 unspecified atom stereocenters. The van der Waals surface area contributed by atoms with Gasteiger partial charge < -0.3 is 10.2 Å². The molecular formula is C8H13NO3. The van der Waals surface area contributed by atoms with Crippen molar-refractivity contribution in [1.29, 1.82) is 0 Å². The third kappa shape index (κ3) is 1.49. The zero-order chi connectivity index (χ0) is 9.19. The van der Waals surface area contributed by atoms with Gasteiger partial charge in [0.1, 0.15) is 5.54 Å². The molecule has 1 aliphatic rings. The normalized spacial score (nSPS) is 34.9. The number of carboxylic acid groups (broad SMARTS) is 1. The first-order chi connectivity index (χ1) is 5.60. The number of carbonyl (C=O) groups is 1. The van der Waals surface area contributed by atoms with E-state index in [1.165, 1.54) is 0 Å². The van der Waals surface area contributed by atoms with Crippen LogP contribution in [0.25, 0.3) is 0 Å². The highest BCUT2D eigenvalue weighted by atomic mass is 16.4. The summed E-state index contributed by atoms with van der Waals surface area (Å²) in [5.41, 5.74) is -0.985. The van der Waals surface area contributed by atoms with E-state index in [4.69, 9.17) is 5.11 Å². The molecule has 1 rings (SSSR count). The lowest BCUT2D eigenvalue weighted by molar-refractivity contribution is -0.144. The molecule has 1 aliphatic heterocycles. The van der Waals surface area contributed by atoms with Crippen LogP contribution < -0.4 is 5.32 Å². The molecule has 2 atom stereocenters. The Balaban J connectivity index is 2.74. The molecule has 1 fully saturated rings. The van der Waals surface area contributed by atoms with E-state index < -0.39 is 17.6 Å². The second-order valence-electron chi connectivity index (χ2n) is 3.12. The quantitative estimate of drug-likeness (QED) is 0.512. The molecule has 3 N–H and O–H groups in total. The van der Waals surface area contributed by atoms with Crippen LogP contribution in [0.1, 0.15) is 12.8 Å². The van der Waals surface area contributed by atoms with Crippen molar-refractivity contribution in [1.82, 2.24) is 5.32 Å². The van der Waals surface area contributed by atoms with E-state index in [0.717, 1.165) is 0 Å². The Morgan fingerprint density at radius 1 is 1.83 bits per heavy atom. The molecule has 0 radical (unpaired) electrons. The summed E-state index contributed by atoms with van der Waals surface area (Å²) >= 11 is 0. The zero-order valence-electron chi connectivity index (χ0n) is 6.79. The first-order valence-electron chi connectivity index (χ1n) is 3.88. The van der Waals surface area contributed by atoms with E-state index in [0.29, 0.717) is 13.0 Å². The Bertz CT molecular complexity index is 204. The van der Waals surface area contributed by atoms with Crippen molar-refractivity contribution in [2.24, 2.45) is 0 Å². The first kappa shape index (κ1) is 9.22. The van der Waals surface area contributed by atoms with Crippen LogP contribution in [0.2, 0.25) is 0 Å². The smallest absolute Gasteiger partial charge is 0.324 e. The average molecular weight is 171 g/mol. The molecule has 0 amide bonds. The fraction of sp³-hybridized carbons (Fsp3) is 0.625. The number of aliphatic carboxylic acids is 1. The monoisotopic (exact) mass is 171 g/mol. The molecular weight excluding hydrogens is 158 g/mol. The SMILES string of the molecule is C=CCC1(C(=O)O)CC(O)CN1. The number of β-amino-alcohol motifs (C(OH)–C–C–N with tert-alkyl or cyclic N) is 1. The van der Waals surface area contributed by atoms with Gasteiger partial charge in [-0.25, -0.2) is 0 Å². The van der Waals surface area contributed by atoms with Crippen molar-refractivity contribution < 1.29 is 15.0 Å². The van der Waals surface area contributed by atoms with Crippen LogP contribution in [0.5, 0.6) is 0 Å². The maximum Gasteiger partial charge on any atom is 0.324 e. The van der Waals surface area contributed by atoms with Gasteiger partial charge in [0.15, 0.2) is 0 Å². The van der Waals surface area contributed by atoms with Crippen LogP contribution in [0.3, 0.4) is 0 Å². The van der Waals surface area contributed by atoms with Gasteiger partial charge in [-0.1, -0.05) is 6.08 Å². The highest BCUT2D eigenvalue weighted by Gasteiger charge is 2.43. The van der Waals surface area contributed by atoms with E-state index >= 15 is 0 Å². The van der Waals surface area contributed by atoms with E-state index in [1.54, 1.807) is 6.08 Å². The summed E-state index contributed by atoms with van der Waals surface area (Å²) in [6.07, 6.45) is 1.61. The van der Waals surface area contributed by atoms with Crippen molar-refractivity contribution in [3.05, 3.63) is 12.7 Å². The topological polar surface area (TPSA) is 69.6 Å². The molecule has 0 saturated carbocycles. The molecule has 12 heavy (non-hydrogen) atoms. The minimum absolute atomic E-state index is 0.258. The summed E-state index contributed by atoms with van der Waals surface area (Å²) < 4.78 is 0. The van der Waals surface area contributed by atoms with E-state index in [1.807, 2.05) is 0 Å². The van der Waals surface area contributed by atoms with Gasteiger partial charge in [0.2, 0.25) is 0 Å². The third-order valence-electron chi connectivity index (χ3n) is 2.16. The Hall–Kier alpha value is -0.870. The third-order valence-corrected chi connectivity index (χ3v) is 2.16. The van der Waals surface area contributed by atoms with Gasteiger partial charge in [-0.3, -0.25) is 10.1 Å².